The molecule has 1 N–H and O–H groups in total. The van der Waals surface area contributed by atoms with Gasteiger partial charge in [0.15, 0.2) is 0 Å². The number of hydrogen-bond acceptors (Lipinski definition) is 4. The van der Waals surface area contributed by atoms with Crippen molar-refractivity contribution >= 4 is 12.0 Å². The molecule has 142 valence electrons. The van der Waals surface area contributed by atoms with Gasteiger partial charge in [-0.15, -0.1) is 0 Å². The van der Waals surface area contributed by atoms with Crippen LogP contribution < -0.4 is 14.2 Å². The molecule has 0 unspecified atom stereocenters. The van der Waals surface area contributed by atoms with Crippen molar-refractivity contribution in [3.8, 4) is 23.0 Å². The molecular weight excluding hydrogens is 344 g/mol. The van der Waals surface area contributed by atoms with Gasteiger partial charge in [0.2, 0.25) is 0 Å². The first-order chi connectivity index (χ1) is 12.9. The Bertz CT molecular complexity index is 844. The molecule has 0 fully saturated rings. The Morgan fingerprint density at radius 3 is 2.22 bits per heavy atom. The number of hydrogen-bond donors (Lipinski definition) is 1. The van der Waals surface area contributed by atoms with Crippen molar-refractivity contribution in [2.75, 3.05) is 14.2 Å². The predicted molar refractivity (Wildman–Crippen MR) is 106 cm³/mol. The summed E-state index contributed by atoms with van der Waals surface area (Å²) in [6.45, 7) is 4.04. The third-order valence-electron chi connectivity index (χ3n) is 3.87. The molecule has 2 aromatic rings. The molecule has 0 bridgehead atoms. The molecule has 0 aliphatic carbocycles. The van der Waals surface area contributed by atoms with E-state index >= 15 is 0 Å². The van der Waals surface area contributed by atoms with Gasteiger partial charge in [0.05, 0.1) is 14.2 Å². The van der Waals surface area contributed by atoms with Crippen molar-refractivity contribution in [3.63, 3.8) is 0 Å². The SMILES string of the molecule is COc1ccc(Oc2c(/C=C/C(=O)O)ccc(OC)c2CC=C(C)C)cc1. The minimum Gasteiger partial charge on any atom is -0.497 e. The Morgan fingerprint density at radius 2 is 1.67 bits per heavy atom. The van der Waals surface area contributed by atoms with Crippen LogP contribution in [0.3, 0.4) is 0 Å². The van der Waals surface area contributed by atoms with E-state index in [1.165, 1.54) is 11.6 Å². The Hall–Kier alpha value is -3.21. The Morgan fingerprint density at radius 1 is 1.00 bits per heavy atom. The lowest BCUT2D eigenvalue weighted by molar-refractivity contribution is -0.131. The number of aliphatic carboxylic acids is 1. The van der Waals surface area contributed by atoms with E-state index in [1.54, 1.807) is 44.6 Å². The Labute approximate surface area is 159 Å². The maximum atomic E-state index is 11.0. The minimum atomic E-state index is -1.02. The molecule has 0 saturated carbocycles. The maximum absolute atomic E-state index is 11.0. The van der Waals surface area contributed by atoms with Gasteiger partial charge in [-0.1, -0.05) is 11.6 Å². The zero-order valence-electron chi connectivity index (χ0n) is 16.0. The lowest BCUT2D eigenvalue weighted by Crippen LogP contribution is -1.99. The molecule has 0 heterocycles. The van der Waals surface area contributed by atoms with Crippen LogP contribution in [-0.2, 0) is 11.2 Å². The number of carbonyl (C=O) groups is 1. The lowest BCUT2D eigenvalue weighted by atomic mass is 10.0. The first-order valence-electron chi connectivity index (χ1n) is 8.50. The second kappa shape index (κ2) is 9.48. The van der Waals surface area contributed by atoms with Gasteiger partial charge in [0.1, 0.15) is 23.0 Å². The van der Waals surface area contributed by atoms with Crippen LogP contribution in [0.15, 0.2) is 54.1 Å². The zero-order valence-corrected chi connectivity index (χ0v) is 16.0. The van der Waals surface area contributed by atoms with Crippen LogP contribution in [0.1, 0.15) is 25.0 Å². The van der Waals surface area contributed by atoms with E-state index in [1.807, 2.05) is 19.9 Å². The molecule has 5 heteroatoms. The number of benzene rings is 2. The molecule has 0 aliphatic heterocycles. The highest BCUT2D eigenvalue weighted by Crippen LogP contribution is 2.37. The van der Waals surface area contributed by atoms with Crippen molar-refractivity contribution in [2.45, 2.75) is 20.3 Å². The fourth-order valence-electron chi connectivity index (χ4n) is 2.49. The normalized spacial score (nSPS) is 10.5. The summed E-state index contributed by atoms with van der Waals surface area (Å²) in [5.41, 5.74) is 2.67. The van der Waals surface area contributed by atoms with Gasteiger partial charge in [-0.25, -0.2) is 4.79 Å². The van der Waals surface area contributed by atoms with E-state index in [4.69, 9.17) is 19.3 Å². The van der Waals surface area contributed by atoms with E-state index in [2.05, 4.69) is 6.08 Å². The molecule has 0 spiro atoms. The van der Waals surface area contributed by atoms with E-state index in [0.29, 0.717) is 29.2 Å². The molecule has 0 aromatic heterocycles. The fraction of sp³-hybridized carbons (Fsp3) is 0.227. The van der Waals surface area contributed by atoms with Crippen molar-refractivity contribution in [1.82, 2.24) is 0 Å². The van der Waals surface area contributed by atoms with Gasteiger partial charge in [-0.05, 0) is 62.7 Å². The third kappa shape index (κ3) is 5.64. The quantitative estimate of drug-likeness (QED) is 0.518. The van der Waals surface area contributed by atoms with Crippen LogP contribution in [0.4, 0.5) is 0 Å². The highest BCUT2D eigenvalue weighted by molar-refractivity contribution is 5.86. The number of methoxy groups -OCH3 is 2. The van der Waals surface area contributed by atoms with Crippen LogP contribution in [0, 0.1) is 0 Å². The standard InChI is InChI=1S/C22H24O5/c1-15(2)5-12-19-20(26-4)13-6-16(7-14-21(23)24)22(19)27-18-10-8-17(25-3)9-11-18/h5-11,13-14H,12H2,1-4H3,(H,23,24)/b14-7+. The summed E-state index contributed by atoms with van der Waals surface area (Å²) in [6.07, 6.45) is 5.29. The van der Waals surface area contributed by atoms with Gasteiger partial charge in [-0.3, -0.25) is 0 Å². The molecule has 0 aliphatic rings. The summed E-state index contributed by atoms with van der Waals surface area (Å²) in [5.74, 6) is 1.57. The highest BCUT2D eigenvalue weighted by Gasteiger charge is 2.15. The zero-order chi connectivity index (χ0) is 19.8. The first-order valence-corrected chi connectivity index (χ1v) is 8.50. The number of ether oxygens (including phenoxy) is 3. The lowest BCUT2D eigenvalue weighted by Gasteiger charge is -2.17. The van der Waals surface area contributed by atoms with Gasteiger partial charge in [0, 0.05) is 17.2 Å². The summed E-state index contributed by atoms with van der Waals surface area (Å²) in [6, 6.07) is 10.8. The average molecular weight is 368 g/mol. The van der Waals surface area contributed by atoms with Gasteiger partial charge < -0.3 is 19.3 Å². The minimum absolute atomic E-state index is 0.564. The monoisotopic (exact) mass is 368 g/mol. The van der Waals surface area contributed by atoms with Gasteiger partial charge in [-0.2, -0.15) is 0 Å². The molecular formula is C22H24O5. The van der Waals surface area contributed by atoms with E-state index in [0.717, 1.165) is 17.4 Å². The van der Waals surface area contributed by atoms with Crippen LogP contribution in [0.25, 0.3) is 6.08 Å². The van der Waals surface area contributed by atoms with Crippen molar-refractivity contribution < 1.29 is 24.1 Å². The van der Waals surface area contributed by atoms with Crippen molar-refractivity contribution in [1.29, 1.82) is 0 Å². The van der Waals surface area contributed by atoms with E-state index in [-0.39, 0.29) is 0 Å². The number of allylic oxidation sites excluding steroid dienone is 2. The molecule has 27 heavy (non-hydrogen) atoms. The summed E-state index contributed by atoms with van der Waals surface area (Å²) in [5, 5.41) is 8.98. The number of carboxylic acids is 1. The van der Waals surface area contributed by atoms with Crippen LogP contribution in [-0.4, -0.2) is 25.3 Å². The second-order valence-electron chi connectivity index (χ2n) is 6.10. The summed E-state index contributed by atoms with van der Waals surface area (Å²) in [4.78, 5) is 11.0. The molecule has 0 radical (unpaired) electrons. The fourth-order valence-corrected chi connectivity index (χ4v) is 2.49. The Balaban J connectivity index is 2.55. The van der Waals surface area contributed by atoms with E-state index in [9.17, 15) is 4.79 Å². The van der Waals surface area contributed by atoms with Crippen molar-refractivity contribution in [2.24, 2.45) is 0 Å². The number of carboxylic acid groups (broad SMARTS) is 1. The van der Waals surface area contributed by atoms with E-state index < -0.39 is 5.97 Å². The molecule has 5 nitrogen and oxygen atoms in total. The molecule has 0 saturated heterocycles. The van der Waals surface area contributed by atoms with Crippen molar-refractivity contribution in [3.05, 3.63) is 65.3 Å². The average Bonchev–Trinajstić information content (AvgIpc) is 2.65. The molecule has 0 amide bonds. The number of rotatable bonds is 8. The third-order valence-corrected chi connectivity index (χ3v) is 3.87. The summed E-state index contributed by atoms with van der Waals surface area (Å²) in [7, 11) is 3.20. The van der Waals surface area contributed by atoms with Gasteiger partial charge >= 0.3 is 5.97 Å². The molecule has 2 aromatic carbocycles. The van der Waals surface area contributed by atoms with Crippen LogP contribution >= 0.6 is 0 Å². The van der Waals surface area contributed by atoms with Gasteiger partial charge in [0.25, 0.3) is 0 Å². The first kappa shape index (κ1) is 20.1. The second-order valence-corrected chi connectivity index (χ2v) is 6.10. The summed E-state index contributed by atoms with van der Waals surface area (Å²) >= 11 is 0. The largest absolute Gasteiger partial charge is 0.497 e. The summed E-state index contributed by atoms with van der Waals surface area (Å²) < 4.78 is 16.8. The predicted octanol–water partition coefficient (Wildman–Crippen LogP) is 5.10. The maximum Gasteiger partial charge on any atom is 0.328 e. The Kier molecular flexibility index (Phi) is 7.06. The van der Waals surface area contributed by atoms with Crippen LogP contribution in [0.2, 0.25) is 0 Å². The van der Waals surface area contributed by atoms with Crippen LogP contribution in [0.5, 0.6) is 23.0 Å². The molecule has 2 rings (SSSR count). The smallest absolute Gasteiger partial charge is 0.328 e. The highest BCUT2D eigenvalue weighted by atomic mass is 16.5. The topological polar surface area (TPSA) is 65.0 Å². The molecule has 0 atom stereocenters.